The summed E-state index contributed by atoms with van der Waals surface area (Å²) in [6.45, 7) is 2.04. The van der Waals surface area contributed by atoms with Crippen molar-refractivity contribution in [1.29, 1.82) is 0 Å². The maximum atomic E-state index is 11.9. The van der Waals surface area contributed by atoms with E-state index in [9.17, 15) is 9.59 Å². The molecule has 0 saturated heterocycles. The topological polar surface area (TPSA) is 83.1 Å². The fourth-order valence-corrected chi connectivity index (χ4v) is 2.54. The van der Waals surface area contributed by atoms with Crippen molar-refractivity contribution >= 4 is 29.2 Å². The Bertz CT molecular complexity index is 854. The van der Waals surface area contributed by atoms with E-state index in [1.807, 2.05) is 13.0 Å². The first-order chi connectivity index (χ1) is 13.0. The summed E-state index contributed by atoms with van der Waals surface area (Å²) < 4.78 is 21.1. The molecule has 8 heteroatoms. The highest BCUT2D eigenvalue weighted by molar-refractivity contribution is 6.32. The molecule has 1 N–H and O–H groups in total. The highest BCUT2D eigenvalue weighted by Crippen LogP contribution is 2.32. The predicted molar refractivity (Wildman–Crippen MR) is 98.7 cm³/mol. The molecule has 0 unspecified atom stereocenters. The Balaban J connectivity index is 1.44. The molecule has 1 amide bonds. The number of hydrogen-bond acceptors (Lipinski definition) is 6. The summed E-state index contributed by atoms with van der Waals surface area (Å²) in [6.07, 6.45) is 0. The van der Waals surface area contributed by atoms with Crippen LogP contribution in [0.2, 0.25) is 5.02 Å². The van der Waals surface area contributed by atoms with Crippen LogP contribution in [-0.2, 0) is 14.3 Å². The van der Waals surface area contributed by atoms with Gasteiger partial charge in [-0.1, -0.05) is 17.7 Å². The van der Waals surface area contributed by atoms with Crippen molar-refractivity contribution in [3.05, 3.63) is 47.0 Å². The van der Waals surface area contributed by atoms with Gasteiger partial charge in [0.05, 0.1) is 5.02 Å². The normalized spacial score (nSPS) is 12.2. The molecule has 2 aromatic carbocycles. The van der Waals surface area contributed by atoms with Crippen LogP contribution in [0.3, 0.4) is 0 Å². The molecule has 0 spiro atoms. The van der Waals surface area contributed by atoms with Gasteiger partial charge in [-0.05, 0) is 36.8 Å². The molecular weight excluding hydrogens is 374 g/mol. The zero-order valence-electron chi connectivity index (χ0n) is 14.6. The van der Waals surface area contributed by atoms with Crippen molar-refractivity contribution in [3.63, 3.8) is 0 Å². The average Bonchev–Trinajstić information content (AvgIpc) is 2.67. The maximum absolute atomic E-state index is 11.9. The summed E-state index contributed by atoms with van der Waals surface area (Å²) in [7, 11) is 0. The largest absolute Gasteiger partial charge is 0.486 e. The highest BCUT2D eigenvalue weighted by Gasteiger charge is 2.14. The van der Waals surface area contributed by atoms with Crippen molar-refractivity contribution in [2.75, 3.05) is 31.7 Å². The number of nitrogens with one attached hydrogen (secondary N) is 1. The third-order valence-corrected chi connectivity index (χ3v) is 3.93. The van der Waals surface area contributed by atoms with Crippen molar-refractivity contribution in [2.24, 2.45) is 0 Å². The molecule has 1 aliphatic rings. The number of benzene rings is 2. The monoisotopic (exact) mass is 391 g/mol. The number of ether oxygens (including phenoxy) is 4. The van der Waals surface area contributed by atoms with Gasteiger partial charge in [-0.3, -0.25) is 4.79 Å². The van der Waals surface area contributed by atoms with Crippen LogP contribution >= 0.6 is 11.6 Å². The summed E-state index contributed by atoms with van der Waals surface area (Å²) in [6, 6.07) is 10.3. The van der Waals surface area contributed by atoms with E-state index in [0.717, 1.165) is 5.56 Å². The molecule has 1 heterocycles. The quantitative estimate of drug-likeness (QED) is 0.762. The Labute approximate surface area is 161 Å². The zero-order chi connectivity index (χ0) is 19.2. The van der Waals surface area contributed by atoms with Gasteiger partial charge in [0.25, 0.3) is 5.91 Å². The summed E-state index contributed by atoms with van der Waals surface area (Å²) in [4.78, 5) is 23.7. The second-order valence-electron chi connectivity index (χ2n) is 5.79. The summed E-state index contributed by atoms with van der Waals surface area (Å²) in [5.74, 6) is 0.407. The van der Waals surface area contributed by atoms with Crippen LogP contribution in [0.25, 0.3) is 0 Å². The van der Waals surface area contributed by atoms with Gasteiger partial charge in [-0.2, -0.15) is 0 Å². The first-order valence-electron chi connectivity index (χ1n) is 8.25. The molecule has 0 aromatic heterocycles. The molecule has 0 atom stereocenters. The molecule has 2 aromatic rings. The lowest BCUT2D eigenvalue weighted by molar-refractivity contribution is -0.149. The van der Waals surface area contributed by atoms with E-state index in [1.165, 1.54) is 0 Å². The summed E-state index contributed by atoms with van der Waals surface area (Å²) in [5.41, 5.74) is 1.46. The van der Waals surface area contributed by atoms with Gasteiger partial charge in [0.15, 0.2) is 24.7 Å². The molecule has 142 valence electrons. The average molecular weight is 392 g/mol. The highest BCUT2D eigenvalue weighted by atomic mass is 35.5. The molecule has 0 bridgehead atoms. The summed E-state index contributed by atoms with van der Waals surface area (Å²) in [5, 5.41) is 3.02. The minimum absolute atomic E-state index is 0.347. The van der Waals surface area contributed by atoms with Gasteiger partial charge >= 0.3 is 5.97 Å². The van der Waals surface area contributed by atoms with Crippen molar-refractivity contribution in [1.82, 2.24) is 0 Å². The minimum atomic E-state index is -0.676. The number of anilines is 1. The number of amides is 1. The fraction of sp³-hybridized carbons (Fsp3) is 0.263. The van der Waals surface area contributed by atoms with E-state index < -0.39 is 18.5 Å². The zero-order valence-corrected chi connectivity index (χ0v) is 15.4. The second-order valence-corrected chi connectivity index (χ2v) is 6.20. The first kappa shape index (κ1) is 18.8. The van der Waals surface area contributed by atoms with Crippen LogP contribution in [0, 0.1) is 6.92 Å². The number of fused-ring (bicyclic) bond motifs is 1. The first-order valence-corrected chi connectivity index (χ1v) is 8.63. The number of carbonyl (C=O) groups is 2. The van der Waals surface area contributed by atoms with Gasteiger partial charge in [0.2, 0.25) is 0 Å². The summed E-state index contributed by atoms with van der Waals surface area (Å²) >= 11 is 5.99. The Kier molecular flexibility index (Phi) is 6.03. The fourth-order valence-electron chi connectivity index (χ4n) is 2.36. The standard InChI is InChI=1S/C19H18ClNO6/c1-12-2-4-14(20)16(8-12)26-11-19(23)27-10-18(22)21-13-3-5-15-17(9-13)25-7-6-24-15/h2-5,8-9H,6-7,10-11H2,1H3,(H,21,22). The molecular formula is C19H18ClNO6. The third kappa shape index (κ3) is 5.27. The van der Waals surface area contributed by atoms with Gasteiger partial charge in [-0.15, -0.1) is 0 Å². The predicted octanol–water partition coefficient (Wildman–Crippen LogP) is 2.98. The lowest BCUT2D eigenvalue weighted by Crippen LogP contribution is -2.24. The van der Waals surface area contributed by atoms with E-state index in [4.69, 9.17) is 30.5 Å². The van der Waals surface area contributed by atoms with Crippen LogP contribution in [0.4, 0.5) is 5.69 Å². The lowest BCUT2D eigenvalue weighted by Gasteiger charge is -2.19. The van der Waals surface area contributed by atoms with Crippen LogP contribution < -0.4 is 19.5 Å². The van der Waals surface area contributed by atoms with Crippen molar-refractivity contribution < 1.29 is 28.5 Å². The smallest absolute Gasteiger partial charge is 0.344 e. The van der Waals surface area contributed by atoms with E-state index in [2.05, 4.69) is 5.32 Å². The molecule has 0 saturated carbocycles. The van der Waals surface area contributed by atoms with E-state index in [0.29, 0.717) is 41.2 Å². The van der Waals surface area contributed by atoms with E-state index in [-0.39, 0.29) is 6.61 Å². The van der Waals surface area contributed by atoms with Gasteiger partial charge in [0, 0.05) is 11.8 Å². The lowest BCUT2D eigenvalue weighted by atomic mass is 10.2. The molecule has 0 radical (unpaired) electrons. The van der Waals surface area contributed by atoms with Gasteiger partial charge in [0.1, 0.15) is 19.0 Å². The van der Waals surface area contributed by atoms with Crippen molar-refractivity contribution in [2.45, 2.75) is 6.92 Å². The Morgan fingerprint density at radius 1 is 1.07 bits per heavy atom. The number of carbonyl (C=O) groups excluding carboxylic acids is 2. The van der Waals surface area contributed by atoms with Crippen LogP contribution in [0.5, 0.6) is 17.2 Å². The Morgan fingerprint density at radius 3 is 2.67 bits per heavy atom. The minimum Gasteiger partial charge on any atom is -0.486 e. The number of halogens is 1. The molecule has 27 heavy (non-hydrogen) atoms. The SMILES string of the molecule is Cc1ccc(Cl)c(OCC(=O)OCC(=O)Nc2ccc3c(c2)OCCO3)c1. The number of esters is 1. The third-order valence-electron chi connectivity index (χ3n) is 3.62. The van der Waals surface area contributed by atoms with Crippen molar-refractivity contribution in [3.8, 4) is 17.2 Å². The van der Waals surface area contributed by atoms with E-state index >= 15 is 0 Å². The molecule has 0 aliphatic carbocycles. The van der Waals surface area contributed by atoms with Gasteiger partial charge < -0.3 is 24.3 Å². The number of aryl methyl sites for hydroxylation is 1. The Hall–Kier alpha value is -2.93. The van der Waals surface area contributed by atoms with Gasteiger partial charge in [-0.25, -0.2) is 4.79 Å². The van der Waals surface area contributed by atoms with Crippen LogP contribution in [0.1, 0.15) is 5.56 Å². The molecule has 1 aliphatic heterocycles. The van der Waals surface area contributed by atoms with Crippen LogP contribution in [-0.4, -0.2) is 38.3 Å². The van der Waals surface area contributed by atoms with Crippen LogP contribution in [0.15, 0.2) is 36.4 Å². The maximum Gasteiger partial charge on any atom is 0.344 e. The molecule has 7 nitrogen and oxygen atoms in total. The molecule has 0 fully saturated rings. The Morgan fingerprint density at radius 2 is 1.85 bits per heavy atom. The number of hydrogen-bond donors (Lipinski definition) is 1. The molecule has 3 rings (SSSR count). The van der Waals surface area contributed by atoms with E-state index in [1.54, 1.807) is 30.3 Å². The second kappa shape index (κ2) is 8.64. The number of rotatable bonds is 6.